The molecule has 11 aromatic carbocycles. The third-order valence-electron chi connectivity index (χ3n) is 9.47. The quantitative estimate of drug-likeness (QED) is 0.167. The van der Waals surface area contributed by atoms with Crippen molar-refractivity contribution in [3.63, 3.8) is 0 Å². The molecule has 0 heterocycles. The van der Waals surface area contributed by atoms with Crippen molar-refractivity contribution >= 4 is 64.6 Å². The van der Waals surface area contributed by atoms with E-state index in [-0.39, 0.29) is 86.9 Å². The second-order valence-corrected chi connectivity index (χ2v) is 12.2. The molecule has 11 rings (SSSR count). The smallest absolute Gasteiger partial charge is 0.0622 e. The van der Waals surface area contributed by atoms with Crippen LogP contribution in [0.25, 0.3) is 109 Å². The number of hydrogen-bond donors (Lipinski definition) is 0. The molecule has 0 aliphatic rings. The Bertz CT molecular complexity index is 4040. The molecule has 0 fully saturated rings. The maximum atomic E-state index is 9.84. The fourth-order valence-electron chi connectivity index (χ4n) is 7.29. The monoisotopic (exact) mass is 648 g/mol. The predicted molar refractivity (Wildman–Crippen MR) is 216 cm³/mol. The highest BCUT2D eigenvalue weighted by Gasteiger charge is 2.21. The van der Waals surface area contributed by atoms with E-state index in [9.17, 15) is 11.0 Å². The first-order valence-corrected chi connectivity index (χ1v) is 16.0. The van der Waals surface area contributed by atoms with Gasteiger partial charge in [0.05, 0.1) is 24.7 Å². The number of hydrogen-bond acceptors (Lipinski definition) is 0. The zero-order valence-electron chi connectivity index (χ0n) is 43.9. The van der Waals surface area contributed by atoms with Gasteiger partial charge in [0.2, 0.25) is 0 Å². The summed E-state index contributed by atoms with van der Waals surface area (Å²) >= 11 is 0. The lowest BCUT2D eigenvalue weighted by Gasteiger charge is -2.22. The molecule has 0 aliphatic heterocycles. The van der Waals surface area contributed by atoms with Crippen LogP contribution in [0.15, 0.2) is 182 Å². The number of benzene rings is 11. The van der Waals surface area contributed by atoms with E-state index in [0.29, 0.717) is 22.3 Å². The topological polar surface area (TPSA) is 0 Å². The summed E-state index contributed by atoms with van der Waals surface area (Å²) in [5, 5.41) is -1.67. The van der Waals surface area contributed by atoms with Crippen molar-refractivity contribution in [1.82, 2.24) is 0 Å². The van der Waals surface area contributed by atoms with Crippen molar-refractivity contribution in [2.45, 2.75) is 0 Å². The van der Waals surface area contributed by atoms with E-state index in [2.05, 4.69) is 0 Å². The molecule has 0 aliphatic carbocycles. The minimum Gasteiger partial charge on any atom is -0.0622 e. The average Bonchev–Trinajstić information content (AvgIpc) is 3.33. The van der Waals surface area contributed by atoms with Crippen LogP contribution in [-0.4, -0.2) is 0 Å². The van der Waals surface area contributed by atoms with Crippen LogP contribution in [0.1, 0.15) is 24.7 Å². The van der Waals surface area contributed by atoms with Crippen LogP contribution >= 0.6 is 0 Å². The lowest BCUT2D eigenvalue weighted by Crippen LogP contribution is -1.95. The molecular weight excluding hydrogens is 601 g/mol. The third kappa shape index (κ3) is 3.94. The van der Waals surface area contributed by atoms with Crippen LogP contribution in [0.3, 0.4) is 0 Å². The largest absolute Gasteiger partial charge is 0.0630 e. The Hall–Kier alpha value is -6.50. The Labute approximate surface area is 315 Å². The molecule has 0 unspecified atom stereocenters. The van der Waals surface area contributed by atoms with Crippen molar-refractivity contribution in [3.05, 3.63) is 182 Å². The molecule has 0 bridgehead atoms. The summed E-state index contributed by atoms with van der Waals surface area (Å²) in [4.78, 5) is 0. The van der Waals surface area contributed by atoms with Gasteiger partial charge in [0, 0.05) is 0 Å². The molecule has 0 nitrogen and oxygen atoms in total. The van der Waals surface area contributed by atoms with Crippen LogP contribution in [0.5, 0.6) is 0 Å². The number of rotatable bonds is 4. The standard InChI is InChI=1S/C50H30/c1-3-9-31(10-4-1)44-29-39(40-25-21-37-19-17-33-13-7-15-35-23-27-42(40)49(37)46(33)35)30-45(48(44)32-11-5-2-6-12-32)41-26-22-38-20-18-34-14-8-16-36-24-28-43(41)50(38)47(34)36/h1-30H/i7D,8D,13D,14D,15D,16D,17D,18D,19D,20D,21D,22D,23D,24D,25D,26D,27D,28D. The first kappa shape index (κ1) is 15.4. The van der Waals surface area contributed by atoms with Gasteiger partial charge in [0.15, 0.2) is 0 Å². The Kier molecular flexibility index (Phi) is 3.23. The average molecular weight is 649 g/mol. The van der Waals surface area contributed by atoms with Gasteiger partial charge in [-0.3, -0.25) is 0 Å². The molecule has 11 aromatic rings. The van der Waals surface area contributed by atoms with Crippen molar-refractivity contribution in [2.75, 3.05) is 0 Å². The van der Waals surface area contributed by atoms with Crippen LogP contribution in [0.2, 0.25) is 0 Å². The molecule has 0 radical (unpaired) electrons. The van der Waals surface area contributed by atoms with E-state index >= 15 is 0 Å². The van der Waals surface area contributed by atoms with Crippen LogP contribution in [-0.2, 0) is 0 Å². The van der Waals surface area contributed by atoms with Gasteiger partial charge in [-0.25, -0.2) is 0 Å². The zero-order chi connectivity index (χ0) is 48.4. The second kappa shape index (κ2) is 10.5. The van der Waals surface area contributed by atoms with Crippen LogP contribution < -0.4 is 0 Å². The fourth-order valence-corrected chi connectivity index (χ4v) is 7.29. The first-order valence-electron chi connectivity index (χ1n) is 25.0. The predicted octanol–water partition coefficient (Wildman–Crippen LogP) is 14.1. The van der Waals surface area contributed by atoms with Gasteiger partial charge < -0.3 is 0 Å². The van der Waals surface area contributed by atoms with Crippen LogP contribution in [0.4, 0.5) is 0 Å². The Balaban J connectivity index is 1.43. The summed E-state index contributed by atoms with van der Waals surface area (Å²) in [7, 11) is 0. The fraction of sp³-hybridized carbons (Fsp3) is 0. The molecule has 0 saturated carbocycles. The highest BCUT2D eigenvalue weighted by atomic mass is 14.2. The normalized spacial score (nSPS) is 17.0. The summed E-state index contributed by atoms with van der Waals surface area (Å²) in [5.41, 5.74) is 2.16. The lowest BCUT2D eigenvalue weighted by atomic mass is 9.81. The van der Waals surface area contributed by atoms with Gasteiger partial charge in [-0.1, -0.05) is 169 Å². The van der Waals surface area contributed by atoms with Gasteiger partial charge in [0.1, 0.15) is 0 Å². The van der Waals surface area contributed by atoms with E-state index in [4.69, 9.17) is 13.7 Å². The molecule has 0 aromatic heterocycles. The molecule has 0 saturated heterocycles. The van der Waals surface area contributed by atoms with E-state index in [1.54, 1.807) is 60.7 Å². The molecule has 0 spiro atoms. The highest BCUT2D eigenvalue weighted by molar-refractivity contribution is 6.27. The summed E-state index contributed by atoms with van der Waals surface area (Å²) in [6, 6.07) is 11.5. The minimum atomic E-state index is -0.608. The Morgan fingerprint density at radius 1 is 0.300 bits per heavy atom. The van der Waals surface area contributed by atoms with Gasteiger partial charge in [-0.05, 0) is 121 Å². The summed E-state index contributed by atoms with van der Waals surface area (Å²) < 4.78 is 165. The molecular formula is C50H30. The maximum Gasteiger partial charge on any atom is 0.0630 e. The highest BCUT2D eigenvalue weighted by Crippen LogP contribution is 2.48. The minimum absolute atomic E-state index is 0.0186. The molecule has 0 atom stereocenters. The molecule has 0 N–H and O–H groups in total. The van der Waals surface area contributed by atoms with E-state index in [1.165, 1.54) is 0 Å². The maximum absolute atomic E-state index is 9.84. The summed E-state index contributed by atoms with van der Waals surface area (Å²) in [5.74, 6) is 0. The van der Waals surface area contributed by atoms with E-state index < -0.39 is 109 Å². The van der Waals surface area contributed by atoms with Gasteiger partial charge in [0.25, 0.3) is 0 Å². The summed E-state index contributed by atoms with van der Waals surface area (Å²) in [6.45, 7) is 0. The van der Waals surface area contributed by atoms with Gasteiger partial charge >= 0.3 is 0 Å². The lowest BCUT2D eigenvalue weighted by molar-refractivity contribution is 1.56. The van der Waals surface area contributed by atoms with Crippen molar-refractivity contribution in [2.24, 2.45) is 0 Å². The van der Waals surface area contributed by atoms with Gasteiger partial charge in [-0.15, -0.1) is 0 Å². The van der Waals surface area contributed by atoms with E-state index in [0.717, 1.165) is 0 Å². The third-order valence-corrected chi connectivity index (χ3v) is 9.47. The Morgan fingerprint density at radius 2 is 0.720 bits per heavy atom. The van der Waals surface area contributed by atoms with Crippen molar-refractivity contribution in [1.29, 1.82) is 0 Å². The van der Waals surface area contributed by atoms with Crippen molar-refractivity contribution in [3.8, 4) is 44.5 Å². The first-order chi connectivity index (χ1) is 32.3. The molecule has 0 heteroatoms. The Morgan fingerprint density at radius 3 is 1.28 bits per heavy atom. The van der Waals surface area contributed by atoms with E-state index in [1.807, 2.05) is 12.1 Å². The molecule has 50 heavy (non-hydrogen) atoms. The van der Waals surface area contributed by atoms with Crippen LogP contribution in [0, 0.1) is 0 Å². The summed E-state index contributed by atoms with van der Waals surface area (Å²) in [6.07, 6.45) is 0. The zero-order valence-corrected chi connectivity index (χ0v) is 25.9. The SMILES string of the molecule is [2H]c1c([2H])c2c([2H])c([2H])c3c([2H])c([2H])c(-c4cc(-c5ccccc5)c(-c5ccccc5)c(-c5c([2H])c([2H])c6c([2H])c([2H])c7c([2H])c([2H])c([2H])c8c([2H])c([2H])c5c6c78)c4)c4c([2H])c([2H])c(c1[2H])c2c34. The molecule has 0 amide bonds. The van der Waals surface area contributed by atoms with Gasteiger partial charge in [-0.2, -0.15) is 0 Å². The second-order valence-electron chi connectivity index (χ2n) is 12.2. The molecule has 230 valence electrons. The van der Waals surface area contributed by atoms with Crippen molar-refractivity contribution < 1.29 is 24.7 Å².